The number of imide groups is 1. The number of carbonyl (C=O) groups is 3. The third-order valence-electron chi connectivity index (χ3n) is 7.50. The average molecular weight is 611 g/mol. The number of para-hydroxylation sites is 1. The lowest BCUT2D eigenvalue weighted by molar-refractivity contribution is -0.151. The number of thiophene rings is 1. The minimum atomic E-state index is -1.63. The van der Waals surface area contributed by atoms with E-state index in [-0.39, 0.29) is 18.9 Å². The van der Waals surface area contributed by atoms with Gasteiger partial charge in [0.2, 0.25) is 11.8 Å². The Balaban J connectivity index is 1.37. The zero-order valence-electron chi connectivity index (χ0n) is 20.1. The van der Waals surface area contributed by atoms with Crippen LogP contribution in [0.1, 0.15) is 16.5 Å². The van der Waals surface area contributed by atoms with E-state index in [9.17, 15) is 19.5 Å². The van der Waals surface area contributed by atoms with E-state index in [1.165, 1.54) is 16.2 Å². The lowest BCUT2D eigenvalue weighted by Crippen LogP contribution is -2.57. The van der Waals surface area contributed by atoms with Crippen molar-refractivity contribution < 1.29 is 19.5 Å². The fourth-order valence-electron chi connectivity index (χ4n) is 5.81. The Hall–Kier alpha value is -2.92. The first-order valence-corrected chi connectivity index (χ1v) is 14.8. The SMILES string of the molecule is O=C1C2C(c3ccc(Br)s3)NC(Cc3c[nH]c4ccccc34)(C(=O)O)C2C(=O)N1CCSc1ccccc1. The highest BCUT2D eigenvalue weighted by atomic mass is 79.9. The van der Waals surface area contributed by atoms with Crippen molar-refractivity contribution in [1.82, 2.24) is 15.2 Å². The quantitative estimate of drug-likeness (QED) is 0.190. The van der Waals surface area contributed by atoms with Gasteiger partial charge in [-0.05, 0) is 51.8 Å². The van der Waals surface area contributed by atoms with E-state index in [4.69, 9.17) is 0 Å². The summed E-state index contributed by atoms with van der Waals surface area (Å²) < 4.78 is 0.878. The molecule has 3 N–H and O–H groups in total. The number of hydrogen-bond acceptors (Lipinski definition) is 6. The predicted octanol–water partition coefficient (Wildman–Crippen LogP) is 5.10. The highest BCUT2D eigenvalue weighted by molar-refractivity contribution is 9.11. The third-order valence-corrected chi connectivity index (χ3v) is 10.2. The molecule has 4 unspecified atom stereocenters. The van der Waals surface area contributed by atoms with E-state index < -0.39 is 35.3 Å². The molecular formula is C28H24BrN3O4S2. The number of amides is 2. The number of thioether (sulfide) groups is 1. The lowest BCUT2D eigenvalue weighted by atomic mass is 9.76. The predicted molar refractivity (Wildman–Crippen MR) is 151 cm³/mol. The third kappa shape index (κ3) is 4.20. The molecule has 38 heavy (non-hydrogen) atoms. The Morgan fingerprint density at radius 2 is 1.82 bits per heavy atom. The number of rotatable bonds is 8. The van der Waals surface area contributed by atoms with Gasteiger partial charge in [0.25, 0.3) is 0 Å². The first kappa shape index (κ1) is 25.4. The second-order valence-electron chi connectivity index (χ2n) is 9.57. The van der Waals surface area contributed by atoms with Crippen molar-refractivity contribution in [3.8, 4) is 0 Å². The summed E-state index contributed by atoms with van der Waals surface area (Å²) in [6.07, 6.45) is 1.87. The summed E-state index contributed by atoms with van der Waals surface area (Å²) in [6.45, 7) is 0.230. The van der Waals surface area contributed by atoms with Gasteiger partial charge in [0, 0.05) is 45.6 Å². The fourth-order valence-corrected chi connectivity index (χ4v) is 8.19. The summed E-state index contributed by atoms with van der Waals surface area (Å²) in [6, 6.07) is 20.7. The van der Waals surface area contributed by atoms with Gasteiger partial charge >= 0.3 is 5.97 Å². The van der Waals surface area contributed by atoms with Crippen LogP contribution in [0.5, 0.6) is 0 Å². The molecule has 10 heteroatoms. The summed E-state index contributed by atoms with van der Waals surface area (Å²) in [5.41, 5.74) is 0.0514. The molecule has 194 valence electrons. The Morgan fingerprint density at radius 3 is 2.55 bits per heavy atom. The zero-order valence-corrected chi connectivity index (χ0v) is 23.3. The van der Waals surface area contributed by atoms with Crippen molar-refractivity contribution in [2.24, 2.45) is 11.8 Å². The second-order valence-corrected chi connectivity index (χ2v) is 13.2. The fraction of sp³-hybridized carbons (Fsp3) is 0.250. The number of carbonyl (C=O) groups excluding carboxylic acids is 2. The molecule has 0 radical (unpaired) electrons. The second kappa shape index (κ2) is 10.00. The van der Waals surface area contributed by atoms with Crippen LogP contribution < -0.4 is 5.32 Å². The van der Waals surface area contributed by atoms with Crippen LogP contribution >= 0.6 is 39.0 Å². The largest absolute Gasteiger partial charge is 0.480 e. The number of aromatic amines is 1. The summed E-state index contributed by atoms with van der Waals surface area (Å²) in [5.74, 6) is -3.13. The van der Waals surface area contributed by atoms with Crippen molar-refractivity contribution in [3.05, 3.63) is 87.2 Å². The van der Waals surface area contributed by atoms with Gasteiger partial charge in [0.05, 0.1) is 21.7 Å². The summed E-state index contributed by atoms with van der Waals surface area (Å²) in [5, 5.41) is 14.9. The van der Waals surface area contributed by atoms with Crippen LogP contribution in [0.4, 0.5) is 0 Å². The van der Waals surface area contributed by atoms with Crippen LogP contribution in [0.25, 0.3) is 10.9 Å². The molecule has 4 aromatic rings. The Labute approximate surface area is 235 Å². The number of H-pyrrole nitrogens is 1. The van der Waals surface area contributed by atoms with E-state index in [2.05, 4.69) is 26.2 Å². The van der Waals surface area contributed by atoms with E-state index in [0.717, 1.165) is 30.0 Å². The number of aliphatic carboxylic acids is 1. The smallest absolute Gasteiger partial charge is 0.325 e. The van der Waals surface area contributed by atoms with Crippen LogP contribution in [0.3, 0.4) is 0 Å². The van der Waals surface area contributed by atoms with Crippen LogP contribution in [-0.2, 0) is 20.8 Å². The van der Waals surface area contributed by atoms with E-state index >= 15 is 0 Å². The number of carboxylic acids is 1. The number of carboxylic acid groups (broad SMARTS) is 1. The van der Waals surface area contributed by atoms with Crippen molar-refractivity contribution in [1.29, 1.82) is 0 Å². The molecule has 2 aromatic carbocycles. The van der Waals surface area contributed by atoms with Gasteiger partial charge < -0.3 is 10.1 Å². The Kier molecular flexibility index (Phi) is 6.67. The molecule has 0 saturated carbocycles. The summed E-state index contributed by atoms with van der Waals surface area (Å²) >= 11 is 6.50. The summed E-state index contributed by atoms with van der Waals surface area (Å²) in [4.78, 5) is 47.2. The highest BCUT2D eigenvalue weighted by Crippen LogP contribution is 2.51. The van der Waals surface area contributed by atoms with E-state index in [1.807, 2.05) is 66.7 Å². The number of nitrogens with zero attached hydrogens (tertiary/aromatic N) is 1. The molecule has 4 atom stereocenters. The molecule has 7 nitrogen and oxygen atoms in total. The molecule has 2 fully saturated rings. The number of hydrogen-bond donors (Lipinski definition) is 3. The van der Waals surface area contributed by atoms with Crippen molar-refractivity contribution in [3.63, 3.8) is 0 Å². The standard InChI is InChI=1S/C28H24BrN3O4S2/c29-21-11-10-20(38-21)24-22-23(26(34)32(25(22)33)12-13-37-17-6-2-1-3-7-17)28(31-24,27(35)36)14-16-15-30-19-9-5-4-8-18(16)19/h1-11,15,22-24,30-31H,12-14H2,(H,35,36). The van der Waals surface area contributed by atoms with Gasteiger partial charge in [-0.2, -0.15) is 0 Å². The van der Waals surface area contributed by atoms with Gasteiger partial charge in [-0.1, -0.05) is 36.4 Å². The molecular weight excluding hydrogens is 586 g/mol. The number of benzene rings is 2. The number of fused-ring (bicyclic) bond motifs is 2. The van der Waals surface area contributed by atoms with Gasteiger partial charge in [-0.25, -0.2) is 0 Å². The van der Waals surface area contributed by atoms with Crippen LogP contribution in [0, 0.1) is 11.8 Å². The first-order valence-electron chi connectivity index (χ1n) is 12.2. The number of aromatic nitrogens is 1. The van der Waals surface area contributed by atoms with Crippen molar-refractivity contribution in [2.75, 3.05) is 12.3 Å². The maximum absolute atomic E-state index is 13.9. The van der Waals surface area contributed by atoms with Gasteiger partial charge in [-0.3, -0.25) is 24.6 Å². The van der Waals surface area contributed by atoms with Gasteiger partial charge in [-0.15, -0.1) is 23.1 Å². The molecule has 2 amide bonds. The first-order chi connectivity index (χ1) is 18.4. The zero-order chi connectivity index (χ0) is 26.4. The maximum atomic E-state index is 13.9. The number of nitrogens with one attached hydrogen (secondary N) is 2. The summed E-state index contributed by atoms with van der Waals surface area (Å²) in [7, 11) is 0. The monoisotopic (exact) mass is 609 g/mol. The van der Waals surface area contributed by atoms with Crippen LogP contribution in [0.2, 0.25) is 0 Å². The van der Waals surface area contributed by atoms with Crippen LogP contribution in [0.15, 0.2) is 81.6 Å². The minimum absolute atomic E-state index is 0.0716. The molecule has 2 aliphatic heterocycles. The topological polar surface area (TPSA) is 102 Å². The maximum Gasteiger partial charge on any atom is 0.325 e. The lowest BCUT2D eigenvalue weighted by Gasteiger charge is -2.31. The number of halogens is 1. The molecule has 4 heterocycles. The van der Waals surface area contributed by atoms with Crippen LogP contribution in [-0.4, -0.2) is 50.6 Å². The van der Waals surface area contributed by atoms with Crippen molar-refractivity contribution in [2.45, 2.75) is 22.9 Å². The number of likely N-dealkylation sites (tertiary alicyclic amines) is 1. The van der Waals surface area contributed by atoms with Gasteiger partial charge in [0.1, 0.15) is 5.54 Å². The molecule has 0 aliphatic carbocycles. The molecule has 0 bridgehead atoms. The van der Waals surface area contributed by atoms with Gasteiger partial charge in [0.15, 0.2) is 0 Å². The highest BCUT2D eigenvalue weighted by Gasteiger charge is 2.68. The van der Waals surface area contributed by atoms with E-state index in [1.54, 1.807) is 18.0 Å². The Morgan fingerprint density at radius 1 is 1.05 bits per heavy atom. The molecule has 0 spiro atoms. The van der Waals surface area contributed by atoms with Crippen molar-refractivity contribution >= 4 is 67.7 Å². The molecule has 2 saturated heterocycles. The molecule has 2 aliphatic rings. The normalized spacial score (nSPS) is 24.9. The average Bonchev–Trinajstić information content (AvgIpc) is 3.67. The van der Waals surface area contributed by atoms with E-state index in [0.29, 0.717) is 5.75 Å². The Bertz CT molecular complexity index is 1540. The minimum Gasteiger partial charge on any atom is -0.480 e. The molecule has 2 aromatic heterocycles. The molecule has 6 rings (SSSR count).